The van der Waals surface area contributed by atoms with E-state index in [2.05, 4.69) is 20.9 Å². The van der Waals surface area contributed by atoms with Crippen molar-refractivity contribution in [2.24, 2.45) is 0 Å². The van der Waals surface area contributed by atoms with Gasteiger partial charge in [0.15, 0.2) is 0 Å². The van der Waals surface area contributed by atoms with E-state index in [4.69, 9.17) is 26.2 Å². The molecule has 38 heavy (non-hydrogen) atoms. The van der Waals surface area contributed by atoms with Crippen LogP contribution >= 0.6 is 11.6 Å². The minimum Gasteiger partial charge on any atom is -0.497 e. The highest BCUT2D eigenvalue weighted by Gasteiger charge is 2.22. The Labute approximate surface area is 226 Å². The second-order valence-corrected chi connectivity index (χ2v) is 8.88. The molecule has 10 nitrogen and oxygen atoms in total. The van der Waals surface area contributed by atoms with Crippen molar-refractivity contribution in [3.63, 3.8) is 0 Å². The predicted octanol–water partition coefficient (Wildman–Crippen LogP) is 4.72. The molecule has 3 aromatic carbocycles. The Morgan fingerprint density at radius 2 is 1.63 bits per heavy atom. The van der Waals surface area contributed by atoms with Crippen LogP contribution in [0.25, 0.3) is 0 Å². The van der Waals surface area contributed by atoms with Crippen LogP contribution in [-0.4, -0.2) is 68.6 Å². The third-order valence-electron chi connectivity index (χ3n) is 5.93. The standard InChI is InChI=1S/C27H30ClN5O5/c1-37-22-4-2-3-20(17-22)30-26(35)29-19-5-7-21(8-6-19)32-11-13-33(14-12-32)27(36)31-25-10-9-23(18-24(25)28)38-16-15-34/h2-10,17-18,34H,11-16H2,1H3,(H,31,36)(H2,29,30,35). The van der Waals surface area contributed by atoms with Gasteiger partial charge in [0, 0.05) is 55.4 Å². The van der Waals surface area contributed by atoms with Crippen molar-refractivity contribution in [2.45, 2.75) is 0 Å². The Morgan fingerprint density at radius 3 is 2.32 bits per heavy atom. The Kier molecular flexibility index (Phi) is 9.12. The molecule has 0 unspecified atom stereocenters. The Balaban J connectivity index is 1.25. The van der Waals surface area contributed by atoms with Gasteiger partial charge in [-0.3, -0.25) is 0 Å². The van der Waals surface area contributed by atoms with E-state index in [1.807, 2.05) is 24.3 Å². The van der Waals surface area contributed by atoms with Gasteiger partial charge in [-0.15, -0.1) is 0 Å². The minimum absolute atomic E-state index is 0.0919. The fraction of sp³-hybridized carbons (Fsp3) is 0.259. The van der Waals surface area contributed by atoms with Crippen molar-refractivity contribution in [1.29, 1.82) is 0 Å². The van der Waals surface area contributed by atoms with Gasteiger partial charge in [0.2, 0.25) is 0 Å². The van der Waals surface area contributed by atoms with Crippen LogP contribution in [0.2, 0.25) is 5.02 Å². The van der Waals surface area contributed by atoms with Crippen LogP contribution in [0.15, 0.2) is 66.7 Å². The average molecular weight is 540 g/mol. The number of halogens is 1. The molecule has 0 aromatic heterocycles. The van der Waals surface area contributed by atoms with E-state index in [0.29, 0.717) is 59.8 Å². The number of ether oxygens (including phenoxy) is 2. The summed E-state index contributed by atoms with van der Waals surface area (Å²) < 4.78 is 10.5. The third-order valence-corrected chi connectivity index (χ3v) is 6.24. The minimum atomic E-state index is -0.349. The number of rotatable bonds is 8. The summed E-state index contributed by atoms with van der Waals surface area (Å²) in [5, 5.41) is 17.7. The van der Waals surface area contributed by atoms with Crippen LogP contribution in [0.5, 0.6) is 11.5 Å². The summed E-state index contributed by atoms with van der Waals surface area (Å²) in [5.74, 6) is 1.18. The molecule has 0 atom stereocenters. The van der Waals surface area contributed by atoms with E-state index in [1.54, 1.807) is 54.5 Å². The van der Waals surface area contributed by atoms with Crippen LogP contribution in [0.4, 0.5) is 32.3 Å². The molecule has 4 rings (SSSR count). The van der Waals surface area contributed by atoms with Crippen molar-refractivity contribution in [3.05, 3.63) is 71.8 Å². The van der Waals surface area contributed by atoms with E-state index < -0.39 is 0 Å². The van der Waals surface area contributed by atoms with Gasteiger partial charge in [0.1, 0.15) is 18.1 Å². The maximum Gasteiger partial charge on any atom is 0.323 e. The first-order valence-electron chi connectivity index (χ1n) is 12.1. The number of nitrogens with one attached hydrogen (secondary N) is 3. The molecule has 4 amide bonds. The monoisotopic (exact) mass is 539 g/mol. The lowest BCUT2D eigenvalue weighted by Gasteiger charge is -2.36. The quantitative estimate of drug-likeness (QED) is 0.329. The number of urea groups is 2. The highest BCUT2D eigenvalue weighted by Crippen LogP contribution is 2.27. The number of piperazine rings is 1. The molecule has 3 aromatic rings. The molecule has 4 N–H and O–H groups in total. The highest BCUT2D eigenvalue weighted by atomic mass is 35.5. The highest BCUT2D eigenvalue weighted by molar-refractivity contribution is 6.33. The molecule has 0 spiro atoms. The fourth-order valence-electron chi connectivity index (χ4n) is 3.96. The predicted molar refractivity (Wildman–Crippen MR) is 149 cm³/mol. The number of aliphatic hydroxyl groups excluding tert-OH is 1. The second-order valence-electron chi connectivity index (χ2n) is 8.48. The third kappa shape index (κ3) is 7.21. The molecule has 1 aliphatic rings. The van der Waals surface area contributed by atoms with Crippen molar-refractivity contribution >= 4 is 46.4 Å². The molecule has 1 aliphatic heterocycles. The summed E-state index contributed by atoms with van der Waals surface area (Å²) in [5.41, 5.74) is 2.79. The molecule has 0 bridgehead atoms. The summed E-state index contributed by atoms with van der Waals surface area (Å²) >= 11 is 6.27. The first-order valence-corrected chi connectivity index (χ1v) is 12.5. The lowest BCUT2D eigenvalue weighted by Crippen LogP contribution is -2.50. The number of anilines is 4. The van der Waals surface area contributed by atoms with Crippen LogP contribution in [0.3, 0.4) is 0 Å². The molecular weight excluding hydrogens is 510 g/mol. The number of aliphatic hydroxyl groups is 1. The number of carbonyl (C=O) groups is 2. The summed E-state index contributed by atoms with van der Waals surface area (Å²) in [6.07, 6.45) is 0. The van der Waals surface area contributed by atoms with E-state index in [0.717, 1.165) is 5.69 Å². The smallest absolute Gasteiger partial charge is 0.323 e. The maximum atomic E-state index is 12.8. The van der Waals surface area contributed by atoms with Crippen molar-refractivity contribution in [1.82, 2.24) is 4.90 Å². The van der Waals surface area contributed by atoms with Crippen LogP contribution in [0.1, 0.15) is 0 Å². The van der Waals surface area contributed by atoms with E-state index >= 15 is 0 Å². The normalized spacial score (nSPS) is 13.0. The molecule has 11 heteroatoms. The lowest BCUT2D eigenvalue weighted by molar-refractivity contribution is 0.201. The van der Waals surface area contributed by atoms with Crippen LogP contribution in [0, 0.1) is 0 Å². The Morgan fingerprint density at radius 1 is 0.895 bits per heavy atom. The van der Waals surface area contributed by atoms with Gasteiger partial charge in [0.25, 0.3) is 0 Å². The van der Waals surface area contributed by atoms with Crippen LogP contribution < -0.4 is 30.3 Å². The zero-order valence-electron chi connectivity index (χ0n) is 20.9. The number of benzene rings is 3. The number of nitrogens with zero attached hydrogens (tertiary/aromatic N) is 2. The second kappa shape index (κ2) is 12.9. The molecule has 0 radical (unpaired) electrons. The zero-order chi connectivity index (χ0) is 26.9. The molecule has 1 heterocycles. The maximum absolute atomic E-state index is 12.8. The lowest BCUT2D eigenvalue weighted by atomic mass is 10.2. The van der Waals surface area contributed by atoms with Gasteiger partial charge >= 0.3 is 12.1 Å². The first-order chi connectivity index (χ1) is 18.4. The molecular formula is C27H30ClN5O5. The van der Waals surface area contributed by atoms with Gasteiger partial charge in [0.05, 0.1) is 24.4 Å². The van der Waals surface area contributed by atoms with E-state index in [1.165, 1.54) is 0 Å². The molecule has 0 saturated carbocycles. The Bertz CT molecular complexity index is 1250. The fourth-order valence-corrected chi connectivity index (χ4v) is 4.18. The van der Waals surface area contributed by atoms with Crippen molar-refractivity contribution in [3.8, 4) is 11.5 Å². The SMILES string of the molecule is COc1cccc(NC(=O)Nc2ccc(N3CCN(C(=O)Nc4ccc(OCCO)cc4Cl)CC3)cc2)c1. The topological polar surface area (TPSA) is 115 Å². The number of hydrogen-bond acceptors (Lipinski definition) is 6. The van der Waals surface area contributed by atoms with Gasteiger partial charge < -0.3 is 40.3 Å². The molecule has 1 saturated heterocycles. The largest absolute Gasteiger partial charge is 0.497 e. The Hall–Kier alpha value is -4.15. The van der Waals surface area contributed by atoms with Crippen molar-refractivity contribution < 1.29 is 24.2 Å². The number of carbonyl (C=O) groups excluding carboxylic acids is 2. The zero-order valence-corrected chi connectivity index (χ0v) is 21.7. The van der Waals surface area contributed by atoms with Crippen molar-refractivity contribution in [2.75, 3.05) is 67.4 Å². The summed E-state index contributed by atoms with van der Waals surface area (Å²) in [7, 11) is 1.57. The molecule has 200 valence electrons. The van der Waals surface area contributed by atoms with Gasteiger partial charge in [-0.1, -0.05) is 17.7 Å². The average Bonchev–Trinajstić information content (AvgIpc) is 2.93. The molecule has 1 fully saturated rings. The van der Waals surface area contributed by atoms with E-state index in [-0.39, 0.29) is 25.3 Å². The first kappa shape index (κ1) is 26.9. The van der Waals surface area contributed by atoms with E-state index in [9.17, 15) is 9.59 Å². The number of hydrogen-bond donors (Lipinski definition) is 4. The summed E-state index contributed by atoms with van der Waals surface area (Å²) in [4.78, 5) is 29.0. The van der Waals surface area contributed by atoms with Crippen LogP contribution in [-0.2, 0) is 0 Å². The van der Waals surface area contributed by atoms with Gasteiger partial charge in [-0.25, -0.2) is 9.59 Å². The van der Waals surface area contributed by atoms with Gasteiger partial charge in [-0.2, -0.15) is 0 Å². The number of methoxy groups -OCH3 is 1. The van der Waals surface area contributed by atoms with Gasteiger partial charge in [-0.05, 0) is 48.5 Å². The molecule has 0 aliphatic carbocycles. The summed E-state index contributed by atoms with van der Waals surface area (Å²) in [6.45, 7) is 2.50. The summed E-state index contributed by atoms with van der Waals surface area (Å²) in [6, 6.07) is 19.1. The number of amides is 4.